The Morgan fingerprint density at radius 2 is 2.05 bits per heavy atom. The van der Waals surface area contributed by atoms with Crippen molar-refractivity contribution in [2.24, 2.45) is 0 Å². The van der Waals surface area contributed by atoms with E-state index in [-0.39, 0.29) is 30.8 Å². The summed E-state index contributed by atoms with van der Waals surface area (Å²) in [5.41, 5.74) is 2.64. The Morgan fingerprint density at radius 1 is 1.23 bits per heavy atom. The quantitative estimate of drug-likeness (QED) is 0.373. The third-order valence-electron chi connectivity index (χ3n) is 6.39. The summed E-state index contributed by atoms with van der Waals surface area (Å²) in [5, 5.41) is 22.5. The van der Waals surface area contributed by atoms with Gasteiger partial charge in [0.15, 0.2) is 12.0 Å². The molecule has 198 valence electrons. The molecule has 1 saturated heterocycles. The molecule has 11 heteroatoms. The highest BCUT2D eigenvalue weighted by atomic mass is 19.1. The molecular weight excluding hydrogens is 501 g/mol. The van der Waals surface area contributed by atoms with Gasteiger partial charge in [0.2, 0.25) is 0 Å². The molecule has 1 fully saturated rings. The topological polar surface area (TPSA) is 129 Å². The number of ether oxygens (including phenoxy) is 1. The van der Waals surface area contributed by atoms with E-state index in [2.05, 4.69) is 26.3 Å². The average Bonchev–Trinajstić information content (AvgIpc) is 3.49. The second kappa shape index (κ2) is 11.3. The number of piperidine rings is 1. The molecule has 4 aromatic rings. The maximum Gasteiger partial charge on any atom is 0.251 e. The molecule has 0 aliphatic carbocycles. The summed E-state index contributed by atoms with van der Waals surface area (Å²) in [4.78, 5) is 26.2. The minimum absolute atomic E-state index is 0.172. The highest BCUT2D eigenvalue weighted by Gasteiger charge is 2.34. The van der Waals surface area contributed by atoms with Crippen molar-refractivity contribution < 1.29 is 19.0 Å². The Labute approximate surface area is 224 Å². The van der Waals surface area contributed by atoms with Crippen molar-refractivity contribution in [3.05, 3.63) is 79.0 Å². The number of rotatable bonds is 7. The van der Waals surface area contributed by atoms with Gasteiger partial charge in [0.05, 0.1) is 18.4 Å². The first-order chi connectivity index (χ1) is 18.9. The van der Waals surface area contributed by atoms with Gasteiger partial charge in [0, 0.05) is 48.5 Å². The van der Waals surface area contributed by atoms with Gasteiger partial charge in [-0.05, 0) is 55.5 Å². The fraction of sp³-hybridized carbons (Fsp3) is 0.250. The zero-order valence-electron chi connectivity index (χ0n) is 21.1. The van der Waals surface area contributed by atoms with Gasteiger partial charge in [-0.3, -0.25) is 4.79 Å². The third-order valence-corrected chi connectivity index (χ3v) is 6.39. The van der Waals surface area contributed by atoms with Gasteiger partial charge in [-0.1, -0.05) is 0 Å². The summed E-state index contributed by atoms with van der Waals surface area (Å²) >= 11 is 0. The molecule has 2 N–H and O–H groups in total. The van der Waals surface area contributed by atoms with E-state index in [4.69, 9.17) is 4.74 Å². The molecule has 0 unspecified atom stereocenters. The average molecular weight is 528 g/mol. The number of carbonyl (C=O) groups is 1. The lowest BCUT2D eigenvalue weighted by Gasteiger charge is -2.35. The van der Waals surface area contributed by atoms with Crippen LogP contribution in [-0.2, 0) is 4.79 Å². The molecule has 5 rings (SSSR count). The standard InChI is InChI=1S/C28H26FN7O3/c1-18(37)28(38)35-12-9-25(23(29)16-35)39-24-7-2-19(14-20(24)15-30)27-32-10-8-26(34-27)33-21-3-5-22(6-4-21)36-13-11-31-17-36/h2-8,10-11,13-14,17-18,23,25,37H,9,12,16H2,1H3,(H,32,33,34)/t18-,23+,25-/m0/s1. The Hall–Kier alpha value is -4.82. The molecule has 39 heavy (non-hydrogen) atoms. The predicted octanol–water partition coefficient (Wildman–Crippen LogP) is 3.64. The van der Waals surface area contributed by atoms with Crippen LogP contribution < -0.4 is 10.1 Å². The minimum atomic E-state index is -1.45. The van der Waals surface area contributed by atoms with Crippen molar-refractivity contribution in [2.75, 3.05) is 18.4 Å². The summed E-state index contributed by atoms with van der Waals surface area (Å²) in [6.45, 7) is 1.44. The number of benzene rings is 2. The molecule has 0 radical (unpaired) electrons. The number of aliphatic hydroxyl groups is 1. The van der Waals surface area contributed by atoms with Crippen LogP contribution >= 0.6 is 0 Å². The largest absolute Gasteiger partial charge is 0.486 e. The number of imidazole rings is 1. The molecule has 0 saturated carbocycles. The van der Waals surface area contributed by atoms with Crippen LogP contribution in [0.5, 0.6) is 5.75 Å². The highest BCUT2D eigenvalue weighted by molar-refractivity contribution is 5.80. The van der Waals surface area contributed by atoms with Gasteiger partial charge in [-0.15, -0.1) is 0 Å². The lowest BCUT2D eigenvalue weighted by molar-refractivity contribution is -0.143. The zero-order chi connectivity index (χ0) is 27.4. The number of hydrogen-bond donors (Lipinski definition) is 2. The summed E-state index contributed by atoms with van der Waals surface area (Å²) in [7, 11) is 0. The lowest BCUT2D eigenvalue weighted by Crippen LogP contribution is -2.51. The number of nitriles is 1. The number of aliphatic hydroxyl groups excluding tert-OH is 1. The van der Waals surface area contributed by atoms with Crippen LogP contribution in [0, 0.1) is 11.3 Å². The van der Waals surface area contributed by atoms with Gasteiger partial charge in [0.1, 0.15) is 29.8 Å². The Kier molecular flexibility index (Phi) is 7.47. The van der Waals surface area contributed by atoms with Crippen LogP contribution in [0.1, 0.15) is 18.9 Å². The van der Waals surface area contributed by atoms with Crippen LogP contribution in [0.15, 0.2) is 73.4 Å². The monoisotopic (exact) mass is 527 g/mol. The SMILES string of the molecule is C[C@H](O)C(=O)N1CC[C@H](Oc2ccc(-c3nccc(Nc4ccc(-n5ccnc5)cc4)n3)cc2C#N)[C@H](F)C1. The van der Waals surface area contributed by atoms with Crippen molar-refractivity contribution in [1.29, 1.82) is 5.26 Å². The molecular formula is C28H26FN7O3. The van der Waals surface area contributed by atoms with E-state index in [1.807, 2.05) is 35.0 Å². The molecule has 1 amide bonds. The van der Waals surface area contributed by atoms with Crippen LogP contribution in [0.2, 0.25) is 0 Å². The molecule has 0 bridgehead atoms. The van der Waals surface area contributed by atoms with Gasteiger partial charge < -0.3 is 24.6 Å². The van der Waals surface area contributed by atoms with E-state index in [1.54, 1.807) is 43.0 Å². The third kappa shape index (κ3) is 5.86. The Morgan fingerprint density at radius 3 is 2.74 bits per heavy atom. The van der Waals surface area contributed by atoms with E-state index in [0.717, 1.165) is 11.4 Å². The predicted molar refractivity (Wildman–Crippen MR) is 141 cm³/mol. The second-order valence-corrected chi connectivity index (χ2v) is 9.15. The number of hydrogen-bond acceptors (Lipinski definition) is 8. The highest BCUT2D eigenvalue weighted by Crippen LogP contribution is 2.29. The van der Waals surface area contributed by atoms with Crippen molar-refractivity contribution in [3.63, 3.8) is 0 Å². The second-order valence-electron chi connectivity index (χ2n) is 9.15. The van der Waals surface area contributed by atoms with Gasteiger partial charge >= 0.3 is 0 Å². The van der Waals surface area contributed by atoms with Crippen molar-refractivity contribution in [2.45, 2.75) is 31.7 Å². The van der Waals surface area contributed by atoms with E-state index >= 15 is 0 Å². The molecule has 0 spiro atoms. The summed E-state index contributed by atoms with van der Waals surface area (Å²) in [6, 6.07) is 16.5. The summed E-state index contributed by atoms with van der Waals surface area (Å²) in [5.74, 6) is 0.720. The number of nitrogens with one attached hydrogen (secondary N) is 1. The van der Waals surface area contributed by atoms with Gasteiger partial charge in [-0.25, -0.2) is 19.3 Å². The molecule has 3 heterocycles. The molecule has 1 aliphatic rings. The smallest absolute Gasteiger partial charge is 0.251 e. The zero-order valence-corrected chi connectivity index (χ0v) is 21.1. The van der Waals surface area contributed by atoms with Crippen LogP contribution in [0.25, 0.3) is 17.1 Å². The first kappa shape index (κ1) is 25.8. The van der Waals surface area contributed by atoms with Crippen molar-refractivity contribution in [3.8, 4) is 28.9 Å². The number of likely N-dealkylation sites (tertiary alicyclic amines) is 1. The minimum Gasteiger partial charge on any atom is -0.486 e. The maximum absolute atomic E-state index is 14.8. The number of aromatic nitrogens is 4. The lowest BCUT2D eigenvalue weighted by atomic mass is 10.0. The molecule has 10 nitrogen and oxygen atoms in total. The van der Waals surface area contributed by atoms with Gasteiger partial charge in [-0.2, -0.15) is 5.26 Å². The number of carbonyl (C=O) groups excluding carboxylic acids is 1. The first-order valence-electron chi connectivity index (χ1n) is 12.4. The number of anilines is 2. The first-order valence-corrected chi connectivity index (χ1v) is 12.4. The number of alkyl halides is 1. The normalized spacial score (nSPS) is 17.7. The van der Waals surface area contributed by atoms with Crippen LogP contribution in [-0.4, -0.2) is 66.9 Å². The van der Waals surface area contributed by atoms with Gasteiger partial charge in [0.25, 0.3) is 5.91 Å². The van der Waals surface area contributed by atoms with E-state index in [0.29, 0.717) is 17.2 Å². The number of amides is 1. The van der Waals surface area contributed by atoms with E-state index < -0.39 is 24.3 Å². The number of nitrogens with zero attached hydrogens (tertiary/aromatic N) is 6. The Bertz CT molecular complexity index is 1490. The maximum atomic E-state index is 14.8. The van der Waals surface area contributed by atoms with E-state index in [9.17, 15) is 19.6 Å². The van der Waals surface area contributed by atoms with Crippen molar-refractivity contribution >= 4 is 17.4 Å². The molecule has 2 aromatic heterocycles. The summed E-state index contributed by atoms with van der Waals surface area (Å²) < 4.78 is 22.5. The van der Waals surface area contributed by atoms with Crippen LogP contribution in [0.4, 0.5) is 15.9 Å². The molecule has 1 aliphatic heterocycles. The molecule has 2 aromatic carbocycles. The fourth-order valence-electron chi connectivity index (χ4n) is 4.35. The Balaban J connectivity index is 1.27. The summed E-state index contributed by atoms with van der Waals surface area (Å²) in [6.07, 6.45) is 3.73. The molecule has 3 atom stereocenters. The van der Waals surface area contributed by atoms with Crippen LogP contribution in [0.3, 0.4) is 0 Å². The van der Waals surface area contributed by atoms with E-state index in [1.165, 1.54) is 11.8 Å². The van der Waals surface area contributed by atoms with Crippen molar-refractivity contribution in [1.82, 2.24) is 24.4 Å². The fourth-order valence-corrected chi connectivity index (χ4v) is 4.35. The number of halogens is 1.